The second-order valence-corrected chi connectivity index (χ2v) is 8.85. The summed E-state index contributed by atoms with van der Waals surface area (Å²) < 4.78 is 29.1. The van der Waals surface area contributed by atoms with E-state index in [1.807, 2.05) is 7.05 Å². The highest BCUT2D eigenvalue weighted by molar-refractivity contribution is 7.86. The van der Waals surface area contributed by atoms with E-state index in [2.05, 4.69) is 12.2 Å². The van der Waals surface area contributed by atoms with Gasteiger partial charge in [0, 0.05) is 26.2 Å². The van der Waals surface area contributed by atoms with Crippen LogP contribution in [0.2, 0.25) is 0 Å². The predicted octanol–water partition coefficient (Wildman–Crippen LogP) is 1.67. The molecule has 1 atom stereocenters. The van der Waals surface area contributed by atoms with Crippen molar-refractivity contribution in [3.05, 3.63) is 0 Å². The number of hydrogen-bond acceptors (Lipinski definition) is 3. The van der Waals surface area contributed by atoms with Crippen LogP contribution in [0.5, 0.6) is 0 Å². The van der Waals surface area contributed by atoms with E-state index in [1.165, 1.54) is 0 Å². The average Bonchev–Trinajstić information content (AvgIpc) is 2.48. The van der Waals surface area contributed by atoms with Gasteiger partial charge in [0.05, 0.1) is 0 Å². The van der Waals surface area contributed by atoms with Crippen molar-refractivity contribution in [1.29, 1.82) is 0 Å². The van der Waals surface area contributed by atoms with Crippen molar-refractivity contribution >= 4 is 10.2 Å². The van der Waals surface area contributed by atoms with Crippen molar-refractivity contribution in [3.8, 4) is 0 Å². The molecule has 1 N–H and O–H groups in total. The summed E-state index contributed by atoms with van der Waals surface area (Å²) in [4.78, 5) is 0. The molecule has 1 saturated carbocycles. The molecule has 2 fully saturated rings. The lowest BCUT2D eigenvalue weighted by Crippen LogP contribution is -2.51. The molecule has 0 aromatic rings. The van der Waals surface area contributed by atoms with Crippen LogP contribution < -0.4 is 5.32 Å². The summed E-state index contributed by atoms with van der Waals surface area (Å²) in [5.41, 5.74) is 0. The fourth-order valence-corrected chi connectivity index (χ4v) is 5.38. The summed E-state index contributed by atoms with van der Waals surface area (Å²) >= 11 is 0. The van der Waals surface area contributed by atoms with Crippen molar-refractivity contribution < 1.29 is 8.42 Å². The molecule has 5 nitrogen and oxygen atoms in total. The van der Waals surface area contributed by atoms with Crippen LogP contribution in [0.15, 0.2) is 0 Å². The maximum Gasteiger partial charge on any atom is 0.281 e. The molecule has 0 bridgehead atoms. The molecule has 1 aliphatic heterocycles. The van der Waals surface area contributed by atoms with Crippen molar-refractivity contribution in [2.24, 2.45) is 11.8 Å². The highest BCUT2D eigenvalue weighted by Crippen LogP contribution is 2.29. The molecule has 124 valence electrons. The van der Waals surface area contributed by atoms with Gasteiger partial charge in [0.1, 0.15) is 0 Å². The van der Waals surface area contributed by atoms with E-state index >= 15 is 0 Å². The lowest BCUT2D eigenvalue weighted by molar-refractivity contribution is 0.211. The Hall–Kier alpha value is -0.170. The SMILES string of the molecule is CNCC1CCCN(S(=O)(=O)N(C)C2CCC(C)CC2)C1. The summed E-state index contributed by atoms with van der Waals surface area (Å²) in [6, 6.07) is 0.191. The molecule has 2 aliphatic rings. The zero-order valence-corrected chi connectivity index (χ0v) is 14.5. The van der Waals surface area contributed by atoms with E-state index < -0.39 is 10.2 Å². The molecule has 1 aliphatic carbocycles. The smallest absolute Gasteiger partial charge is 0.281 e. The molecule has 6 heteroatoms. The molecule has 0 aromatic heterocycles. The van der Waals surface area contributed by atoms with E-state index in [9.17, 15) is 8.42 Å². The van der Waals surface area contributed by atoms with Crippen LogP contribution >= 0.6 is 0 Å². The van der Waals surface area contributed by atoms with Crippen molar-refractivity contribution in [1.82, 2.24) is 13.9 Å². The molecule has 0 amide bonds. The number of rotatable bonds is 5. The summed E-state index contributed by atoms with van der Waals surface area (Å²) in [6.45, 7) is 4.50. The van der Waals surface area contributed by atoms with Gasteiger partial charge in [-0.05, 0) is 64.0 Å². The molecule has 0 spiro atoms. The van der Waals surface area contributed by atoms with E-state index in [1.54, 1.807) is 15.7 Å². The van der Waals surface area contributed by atoms with Gasteiger partial charge in [0.25, 0.3) is 10.2 Å². The fourth-order valence-electron chi connectivity index (χ4n) is 3.67. The summed E-state index contributed by atoms with van der Waals surface area (Å²) in [5, 5.41) is 3.17. The number of nitrogens with one attached hydrogen (secondary N) is 1. The average molecular weight is 317 g/mol. The zero-order valence-electron chi connectivity index (χ0n) is 13.7. The van der Waals surface area contributed by atoms with E-state index in [4.69, 9.17) is 0 Å². The minimum Gasteiger partial charge on any atom is -0.319 e. The fraction of sp³-hybridized carbons (Fsp3) is 1.00. The highest BCUT2D eigenvalue weighted by Gasteiger charge is 2.35. The number of nitrogens with zero attached hydrogens (tertiary/aromatic N) is 2. The van der Waals surface area contributed by atoms with E-state index in [0.29, 0.717) is 19.0 Å². The molecular formula is C15H31N3O2S. The van der Waals surface area contributed by atoms with Crippen LogP contribution in [-0.2, 0) is 10.2 Å². The molecule has 1 heterocycles. The minimum atomic E-state index is -3.29. The quantitative estimate of drug-likeness (QED) is 0.839. The Morgan fingerprint density at radius 2 is 1.86 bits per heavy atom. The van der Waals surface area contributed by atoms with Crippen molar-refractivity contribution in [2.75, 3.05) is 33.7 Å². The summed E-state index contributed by atoms with van der Waals surface area (Å²) in [6.07, 6.45) is 6.40. The largest absolute Gasteiger partial charge is 0.319 e. The Bertz CT molecular complexity index is 409. The molecule has 0 aromatic carbocycles. The normalized spacial score (nSPS) is 32.5. The van der Waals surface area contributed by atoms with Crippen LogP contribution in [-0.4, -0.2) is 56.8 Å². The third-order valence-electron chi connectivity index (χ3n) is 5.16. The minimum absolute atomic E-state index is 0.191. The van der Waals surface area contributed by atoms with Crippen LogP contribution in [0.25, 0.3) is 0 Å². The van der Waals surface area contributed by atoms with Crippen LogP contribution in [0.4, 0.5) is 0 Å². The molecule has 21 heavy (non-hydrogen) atoms. The maximum absolute atomic E-state index is 12.8. The standard InChI is InChI=1S/C15H31N3O2S/c1-13-6-8-15(9-7-13)17(3)21(19,20)18-10-4-5-14(12-18)11-16-2/h13-16H,4-12H2,1-3H3. The van der Waals surface area contributed by atoms with Gasteiger partial charge in [-0.3, -0.25) is 0 Å². The topological polar surface area (TPSA) is 52.7 Å². The third-order valence-corrected chi connectivity index (χ3v) is 7.17. The molecule has 1 unspecified atom stereocenters. The molecule has 1 saturated heterocycles. The first-order valence-electron chi connectivity index (χ1n) is 8.32. The molecular weight excluding hydrogens is 286 g/mol. The summed E-state index contributed by atoms with van der Waals surface area (Å²) in [7, 11) is 0.417. The zero-order chi connectivity index (χ0) is 15.5. The third kappa shape index (κ3) is 4.18. The van der Waals surface area contributed by atoms with E-state index in [0.717, 1.165) is 51.0 Å². The summed E-state index contributed by atoms with van der Waals surface area (Å²) in [5.74, 6) is 1.19. The van der Waals surface area contributed by atoms with Gasteiger partial charge in [-0.2, -0.15) is 17.0 Å². The van der Waals surface area contributed by atoms with Crippen LogP contribution in [0, 0.1) is 11.8 Å². The van der Waals surface area contributed by atoms with Gasteiger partial charge in [-0.25, -0.2) is 0 Å². The second-order valence-electron chi connectivity index (χ2n) is 6.86. The monoisotopic (exact) mass is 317 g/mol. The first-order valence-corrected chi connectivity index (χ1v) is 9.72. The molecule has 0 radical (unpaired) electrons. The Kier molecular flexibility index (Phi) is 6.05. The Morgan fingerprint density at radius 1 is 1.19 bits per heavy atom. The van der Waals surface area contributed by atoms with Crippen molar-refractivity contribution in [2.45, 2.75) is 51.5 Å². The van der Waals surface area contributed by atoms with Gasteiger partial charge in [-0.1, -0.05) is 6.92 Å². The van der Waals surface area contributed by atoms with Gasteiger partial charge in [0.2, 0.25) is 0 Å². The number of piperidine rings is 1. The predicted molar refractivity (Wildman–Crippen MR) is 86.3 cm³/mol. The lowest BCUT2D eigenvalue weighted by atomic mass is 9.87. The van der Waals surface area contributed by atoms with E-state index in [-0.39, 0.29) is 6.04 Å². The van der Waals surface area contributed by atoms with Gasteiger partial charge < -0.3 is 5.32 Å². The Balaban J connectivity index is 1.99. The lowest BCUT2D eigenvalue weighted by Gasteiger charge is -2.38. The number of hydrogen-bond donors (Lipinski definition) is 1. The second kappa shape index (κ2) is 7.40. The highest BCUT2D eigenvalue weighted by atomic mass is 32.2. The van der Waals surface area contributed by atoms with Gasteiger partial charge in [-0.15, -0.1) is 0 Å². The first-order chi connectivity index (χ1) is 9.95. The van der Waals surface area contributed by atoms with Gasteiger partial charge in [0.15, 0.2) is 0 Å². The van der Waals surface area contributed by atoms with Gasteiger partial charge >= 0.3 is 0 Å². The van der Waals surface area contributed by atoms with Crippen molar-refractivity contribution in [3.63, 3.8) is 0 Å². The Morgan fingerprint density at radius 3 is 2.48 bits per heavy atom. The van der Waals surface area contributed by atoms with Crippen LogP contribution in [0.3, 0.4) is 0 Å². The first kappa shape index (κ1) is 17.2. The Labute approximate surface area is 130 Å². The van der Waals surface area contributed by atoms with Crippen LogP contribution in [0.1, 0.15) is 45.4 Å². The molecule has 2 rings (SSSR count). The maximum atomic E-state index is 12.8.